The number of benzene rings is 2. The molecule has 0 aliphatic heterocycles. The zero-order valence-corrected chi connectivity index (χ0v) is 8.45. The van der Waals surface area contributed by atoms with E-state index in [-0.39, 0.29) is 5.56 Å². The number of rotatable bonds is 2. The normalized spacial score (nSPS) is 10.4. The van der Waals surface area contributed by atoms with E-state index >= 15 is 0 Å². The van der Waals surface area contributed by atoms with E-state index < -0.39 is 17.4 Å². The fraction of sp³-hybridized carbons (Fsp3) is 0.0769. The first-order valence-corrected chi connectivity index (χ1v) is 4.88. The molecule has 0 saturated heterocycles. The van der Waals surface area contributed by atoms with Crippen molar-refractivity contribution in [2.24, 2.45) is 0 Å². The van der Waals surface area contributed by atoms with Crippen LogP contribution in [0.1, 0.15) is 11.1 Å². The average Bonchev–Trinajstić information content (AvgIpc) is 2.31. The summed E-state index contributed by atoms with van der Waals surface area (Å²) in [7, 11) is 0. The van der Waals surface area contributed by atoms with Gasteiger partial charge < -0.3 is 5.11 Å². The van der Waals surface area contributed by atoms with Crippen molar-refractivity contribution in [1.82, 2.24) is 0 Å². The zero-order chi connectivity index (χ0) is 11.5. The first-order valence-electron chi connectivity index (χ1n) is 4.88. The fourth-order valence-corrected chi connectivity index (χ4v) is 1.54. The van der Waals surface area contributed by atoms with Crippen LogP contribution in [0.3, 0.4) is 0 Å². The van der Waals surface area contributed by atoms with Crippen molar-refractivity contribution in [3.05, 3.63) is 65.2 Å². The molecule has 3 heteroatoms. The second kappa shape index (κ2) is 4.31. The Balaban J connectivity index is 2.33. The van der Waals surface area contributed by atoms with E-state index in [9.17, 15) is 8.78 Å². The molecule has 2 aromatic carbocycles. The van der Waals surface area contributed by atoms with Crippen LogP contribution in [-0.4, -0.2) is 5.11 Å². The minimum atomic E-state index is -0.936. The van der Waals surface area contributed by atoms with Crippen LogP contribution in [0.25, 0.3) is 0 Å². The number of halogens is 2. The molecule has 1 N–H and O–H groups in total. The van der Waals surface area contributed by atoms with Gasteiger partial charge in [0.15, 0.2) is 17.4 Å². The molecule has 82 valence electrons. The number of phenolic OH excluding ortho intramolecular Hbond substituents is 1. The minimum absolute atomic E-state index is 0.283. The van der Waals surface area contributed by atoms with E-state index in [1.807, 2.05) is 30.3 Å². The molecule has 0 atom stereocenters. The largest absolute Gasteiger partial charge is 0.503 e. The summed E-state index contributed by atoms with van der Waals surface area (Å²) in [4.78, 5) is 0. The van der Waals surface area contributed by atoms with Gasteiger partial charge in [0.05, 0.1) is 0 Å². The Morgan fingerprint density at radius 2 is 1.62 bits per heavy atom. The third-order valence-corrected chi connectivity index (χ3v) is 2.38. The van der Waals surface area contributed by atoms with Gasteiger partial charge in [0.2, 0.25) is 0 Å². The van der Waals surface area contributed by atoms with Crippen LogP contribution in [0.5, 0.6) is 5.75 Å². The van der Waals surface area contributed by atoms with Crippen molar-refractivity contribution in [3.8, 4) is 5.75 Å². The van der Waals surface area contributed by atoms with Crippen LogP contribution in [0.4, 0.5) is 8.78 Å². The van der Waals surface area contributed by atoms with E-state index in [1.165, 1.54) is 6.07 Å². The van der Waals surface area contributed by atoms with Gasteiger partial charge in [-0.25, -0.2) is 8.78 Å². The molecule has 0 aliphatic rings. The quantitative estimate of drug-likeness (QED) is 0.823. The van der Waals surface area contributed by atoms with Crippen LogP contribution in [0.15, 0.2) is 42.5 Å². The monoisotopic (exact) mass is 220 g/mol. The van der Waals surface area contributed by atoms with Gasteiger partial charge in [-0.1, -0.05) is 36.4 Å². The van der Waals surface area contributed by atoms with Gasteiger partial charge in [0, 0.05) is 6.42 Å². The highest BCUT2D eigenvalue weighted by molar-refractivity contribution is 5.34. The van der Waals surface area contributed by atoms with Crippen LogP contribution >= 0.6 is 0 Å². The maximum atomic E-state index is 13.5. The summed E-state index contributed by atoms with van der Waals surface area (Å²) in [6, 6.07) is 11.7. The van der Waals surface area contributed by atoms with E-state index in [2.05, 4.69) is 0 Å². The lowest BCUT2D eigenvalue weighted by Crippen LogP contribution is -1.94. The van der Waals surface area contributed by atoms with E-state index in [0.29, 0.717) is 6.42 Å². The first kappa shape index (κ1) is 10.6. The third-order valence-electron chi connectivity index (χ3n) is 2.38. The van der Waals surface area contributed by atoms with Gasteiger partial charge in [-0.05, 0) is 17.2 Å². The Morgan fingerprint density at radius 1 is 0.938 bits per heavy atom. The number of hydrogen-bond donors (Lipinski definition) is 1. The minimum Gasteiger partial charge on any atom is -0.503 e. The molecule has 0 aliphatic carbocycles. The molecule has 0 spiro atoms. The highest BCUT2D eigenvalue weighted by atomic mass is 19.1. The van der Waals surface area contributed by atoms with Crippen molar-refractivity contribution in [1.29, 1.82) is 0 Å². The molecule has 16 heavy (non-hydrogen) atoms. The van der Waals surface area contributed by atoms with Crippen molar-refractivity contribution in [2.75, 3.05) is 0 Å². The standard InChI is InChI=1S/C13H10F2O/c14-11-7-6-10(12(15)13(11)16)8-9-4-2-1-3-5-9/h1-7,16H,8H2. The van der Waals surface area contributed by atoms with Gasteiger partial charge in [-0.2, -0.15) is 0 Å². The maximum Gasteiger partial charge on any atom is 0.188 e. The molecule has 1 nitrogen and oxygen atoms in total. The molecule has 0 aromatic heterocycles. The fourth-order valence-electron chi connectivity index (χ4n) is 1.54. The average molecular weight is 220 g/mol. The van der Waals surface area contributed by atoms with Crippen molar-refractivity contribution < 1.29 is 13.9 Å². The molecular weight excluding hydrogens is 210 g/mol. The van der Waals surface area contributed by atoms with Crippen LogP contribution < -0.4 is 0 Å². The first-order chi connectivity index (χ1) is 7.68. The Morgan fingerprint density at radius 3 is 2.31 bits per heavy atom. The molecule has 0 fully saturated rings. The number of hydrogen-bond acceptors (Lipinski definition) is 1. The lowest BCUT2D eigenvalue weighted by molar-refractivity contribution is 0.393. The van der Waals surface area contributed by atoms with Crippen molar-refractivity contribution >= 4 is 0 Å². The Kier molecular flexibility index (Phi) is 2.86. The molecular formula is C13H10F2O. The highest BCUT2D eigenvalue weighted by Gasteiger charge is 2.12. The van der Waals surface area contributed by atoms with Gasteiger partial charge in [-0.3, -0.25) is 0 Å². The number of phenols is 1. The lowest BCUT2D eigenvalue weighted by atomic mass is 10.0. The molecule has 0 amide bonds. The van der Waals surface area contributed by atoms with Gasteiger partial charge in [-0.15, -0.1) is 0 Å². The smallest absolute Gasteiger partial charge is 0.188 e. The van der Waals surface area contributed by atoms with Gasteiger partial charge >= 0.3 is 0 Å². The predicted octanol–water partition coefficient (Wildman–Crippen LogP) is 3.26. The Labute approximate surface area is 92.0 Å². The lowest BCUT2D eigenvalue weighted by Gasteiger charge is -2.05. The second-order valence-corrected chi connectivity index (χ2v) is 3.53. The Hall–Kier alpha value is -1.90. The molecule has 0 heterocycles. The molecule has 0 saturated carbocycles. The maximum absolute atomic E-state index is 13.5. The topological polar surface area (TPSA) is 20.2 Å². The molecule has 2 aromatic rings. The third kappa shape index (κ3) is 2.03. The predicted molar refractivity (Wildman–Crippen MR) is 57.3 cm³/mol. The van der Waals surface area contributed by atoms with Crippen LogP contribution in [0.2, 0.25) is 0 Å². The summed E-state index contributed by atoms with van der Waals surface area (Å²) in [5, 5.41) is 9.12. The van der Waals surface area contributed by atoms with Gasteiger partial charge in [0.1, 0.15) is 0 Å². The summed E-state index contributed by atoms with van der Waals surface area (Å²) >= 11 is 0. The summed E-state index contributed by atoms with van der Waals surface area (Å²) < 4.78 is 26.3. The molecule has 0 unspecified atom stereocenters. The van der Waals surface area contributed by atoms with E-state index in [1.54, 1.807) is 0 Å². The number of aromatic hydroxyl groups is 1. The molecule has 2 rings (SSSR count). The summed E-state index contributed by atoms with van der Waals surface area (Å²) in [5.74, 6) is -2.73. The van der Waals surface area contributed by atoms with E-state index in [4.69, 9.17) is 5.11 Å². The van der Waals surface area contributed by atoms with Gasteiger partial charge in [0.25, 0.3) is 0 Å². The SMILES string of the molecule is Oc1c(F)ccc(Cc2ccccc2)c1F. The van der Waals surface area contributed by atoms with Crippen LogP contribution in [-0.2, 0) is 6.42 Å². The zero-order valence-electron chi connectivity index (χ0n) is 8.45. The summed E-state index contributed by atoms with van der Waals surface area (Å²) in [6.45, 7) is 0. The summed E-state index contributed by atoms with van der Waals surface area (Å²) in [5.41, 5.74) is 1.19. The van der Waals surface area contributed by atoms with Crippen molar-refractivity contribution in [2.45, 2.75) is 6.42 Å². The highest BCUT2D eigenvalue weighted by Crippen LogP contribution is 2.24. The Bertz CT molecular complexity index is 495. The second-order valence-electron chi connectivity index (χ2n) is 3.53. The van der Waals surface area contributed by atoms with Crippen LogP contribution in [0, 0.1) is 11.6 Å². The molecule has 0 bridgehead atoms. The van der Waals surface area contributed by atoms with Crippen molar-refractivity contribution in [3.63, 3.8) is 0 Å². The molecule has 0 radical (unpaired) electrons. The summed E-state index contributed by atoms with van der Waals surface area (Å²) in [6.07, 6.45) is 0.334. The van der Waals surface area contributed by atoms with E-state index in [0.717, 1.165) is 11.6 Å².